The van der Waals surface area contributed by atoms with E-state index in [1.165, 1.54) is 4.57 Å². The molecule has 8 nitrogen and oxygen atoms in total. The number of carbonyl (C=O) groups excluding carboxylic acids is 1. The molecule has 0 aliphatic carbocycles. The van der Waals surface area contributed by atoms with E-state index in [0.717, 1.165) is 19.3 Å². The maximum atomic E-state index is 12.3. The molecule has 0 bridgehead atoms. The molecular formula is C16H24N4O4. The minimum absolute atomic E-state index is 0.0111. The Balaban J connectivity index is 2.59. The van der Waals surface area contributed by atoms with Crippen LogP contribution in [0, 0.1) is 0 Å². The van der Waals surface area contributed by atoms with Gasteiger partial charge in [0.1, 0.15) is 12.4 Å². The van der Waals surface area contributed by atoms with Gasteiger partial charge in [-0.2, -0.15) is 0 Å². The monoisotopic (exact) mass is 336 g/mol. The minimum Gasteiger partial charge on any atom is -0.458 e. The first-order valence-corrected chi connectivity index (χ1v) is 8.41. The van der Waals surface area contributed by atoms with Gasteiger partial charge in [-0.25, -0.2) is 9.78 Å². The highest BCUT2D eigenvalue weighted by Gasteiger charge is 2.18. The molecule has 0 saturated heterocycles. The Kier molecular flexibility index (Phi) is 5.94. The molecule has 0 unspecified atom stereocenters. The molecule has 0 aliphatic rings. The van der Waals surface area contributed by atoms with Crippen molar-refractivity contribution in [2.24, 2.45) is 0 Å². The van der Waals surface area contributed by atoms with Gasteiger partial charge in [-0.15, -0.1) is 0 Å². The Hall–Kier alpha value is -2.38. The van der Waals surface area contributed by atoms with Gasteiger partial charge < -0.3 is 9.30 Å². The molecule has 2 aromatic heterocycles. The van der Waals surface area contributed by atoms with Crippen LogP contribution in [0.5, 0.6) is 0 Å². The van der Waals surface area contributed by atoms with Crippen LogP contribution >= 0.6 is 0 Å². The number of aromatic nitrogens is 4. The molecule has 0 atom stereocenters. The van der Waals surface area contributed by atoms with Gasteiger partial charge in [0.25, 0.3) is 5.56 Å². The van der Waals surface area contributed by atoms with E-state index in [0.29, 0.717) is 30.1 Å². The molecule has 0 fully saturated rings. The fraction of sp³-hybridized carbons (Fsp3) is 0.625. The van der Waals surface area contributed by atoms with E-state index in [4.69, 9.17) is 4.74 Å². The lowest BCUT2D eigenvalue weighted by molar-refractivity contribution is -0.144. The van der Waals surface area contributed by atoms with Crippen LogP contribution in [-0.2, 0) is 29.2 Å². The SMILES string of the molecule is CCCCn1c(=O)[nH]c(=O)c2c1nc(COC(=O)CC)n2CCC. The van der Waals surface area contributed by atoms with E-state index >= 15 is 0 Å². The van der Waals surface area contributed by atoms with Crippen molar-refractivity contribution in [2.45, 2.75) is 66.2 Å². The molecule has 0 spiro atoms. The Bertz CT molecular complexity index is 831. The lowest BCUT2D eigenvalue weighted by Gasteiger charge is -2.08. The number of unbranched alkanes of at least 4 members (excludes halogenated alkanes) is 1. The first kappa shape index (κ1) is 18.0. The number of aromatic amines is 1. The molecule has 0 saturated carbocycles. The number of imidazole rings is 1. The number of hydrogen-bond acceptors (Lipinski definition) is 5. The van der Waals surface area contributed by atoms with Crippen molar-refractivity contribution in [3.63, 3.8) is 0 Å². The summed E-state index contributed by atoms with van der Waals surface area (Å²) in [6.07, 6.45) is 2.79. The predicted molar refractivity (Wildman–Crippen MR) is 89.9 cm³/mol. The molecule has 2 aromatic rings. The molecule has 0 radical (unpaired) electrons. The largest absolute Gasteiger partial charge is 0.458 e. The maximum absolute atomic E-state index is 12.3. The number of esters is 1. The Morgan fingerprint density at radius 2 is 1.88 bits per heavy atom. The summed E-state index contributed by atoms with van der Waals surface area (Å²) in [5, 5.41) is 0. The fourth-order valence-electron chi connectivity index (χ4n) is 2.56. The van der Waals surface area contributed by atoms with Gasteiger partial charge >= 0.3 is 11.7 Å². The normalized spacial score (nSPS) is 11.1. The Morgan fingerprint density at radius 3 is 2.50 bits per heavy atom. The van der Waals surface area contributed by atoms with Gasteiger partial charge in [-0.3, -0.25) is 19.1 Å². The third kappa shape index (κ3) is 3.58. The van der Waals surface area contributed by atoms with E-state index < -0.39 is 11.2 Å². The molecule has 8 heteroatoms. The maximum Gasteiger partial charge on any atom is 0.330 e. The fourth-order valence-corrected chi connectivity index (χ4v) is 2.56. The summed E-state index contributed by atoms with van der Waals surface area (Å²) >= 11 is 0. The molecule has 2 heterocycles. The lowest BCUT2D eigenvalue weighted by Crippen LogP contribution is -2.31. The zero-order valence-corrected chi connectivity index (χ0v) is 14.4. The van der Waals surface area contributed by atoms with Gasteiger partial charge in [-0.1, -0.05) is 27.2 Å². The van der Waals surface area contributed by atoms with Crippen LogP contribution in [0.4, 0.5) is 0 Å². The number of aryl methyl sites for hydroxylation is 2. The second-order valence-electron chi connectivity index (χ2n) is 5.63. The summed E-state index contributed by atoms with van der Waals surface area (Å²) in [5.74, 6) is 0.150. The van der Waals surface area contributed by atoms with Gasteiger partial charge in [0.2, 0.25) is 0 Å². The van der Waals surface area contributed by atoms with Crippen LogP contribution in [-0.4, -0.2) is 25.1 Å². The second kappa shape index (κ2) is 7.94. The topological polar surface area (TPSA) is 99.0 Å². The predicted octanol–water partition coefficient (Wildman–Crippen LogP) is 1.55. The molecule has 0 aliphatic heterocycles. The number of hydrogen-bond donors (Lipinski definition) is 1. The molecule has 1 N–H and O–H groups in total. The zero-order valence-electron chi connectivity index (χ0n) is 14.4. The number of nitrogens with zero attached hydrogens (tertiary/aromatic N) is 3. The van der Waals surface area contributed by atoms with Crippen molar-refractivity contribution in [2.75, 3.05) is 0 Å². The van der Waals surface area contributed by atoms with Crippen LogP contribution < -0.4 is 11.2 Å². The minimum atomic E-state index is -0.461. The van der Waals surface area contributed by atoms with Crippen molar-refractivity contribution in [1.82, 2.24) is 19.1 Å². The molecule has 0 aromatic carbocycles. The Labute approximate surface area is 139 Å². The van der Waals surface area contributed by atoms with Crippen molar-refractivity contribution in [3.05, 3.63) is 26.7 Å². The Morgan fingerprint density at radius 1 is 1.12 bits per heavy atom. The first-order chi connectivity index (χ1) is 11.5. The van der Waals surface area contributed by atoms with Gasteiger partial charge in [-0.05, 0) is 12.8 Å². The van der Waals surface area contributed by atoms with Crippen LogP contribution in [0.25, 0.3) is 11.2 Å². The van der Waals surface area contributed by atoms with E-state index in [2.05, 4.69) is 9.97 Å². The summed E-state index contributed by atoms with van der Waals surface area (Å²) in [6, 6.07) is 0. The number of carbonyl (C=O) groups is 1. The highest BCUT2D eigenvalue weighted by atomic mass is 16.5. The van der Waals surface area contributed by atoms with Crippen LogP contribution in [0.15, 0.2) is 9.59 Å². The zero-order chi connectivity index (χ0) is 17.7. The molecule has 132 valence electrons. The van der Waals surface area contributed by atoms with Crippen LogP contribution in [0.2, 0.25) is 0 Å². The molecule has 2 rings (SSSR count). The summed E-state index contributed by atoms with van der Waals surface area (Å²) in [5.41, 5.74) is -0.209. The van der Waals surface area contributed by atoms with Crippen LogP contribution in [0.3, 0.4) is 0 Å². The van der Waals surface area contributed by atoms with Gasteiger partial charge in [0.15, 0.2) is 11.2 Å². The quantitative estimate of drug-likeness (QED) is 0.737. The van der Waals surface area contributed by atoms with E-state index in [1.807, 2.05) is 13.8 Å². The van der Waals surface area contributed by atoms with E-state index in [-0.39, 0.29) is 19.0 Å². The average molecular weight is 336 g/mol. The molecule has 0 amide bonds. The van der Waals surface area contributed by atoms with E-state index in [1.54, 1.807) is 11.5 Å². The van der Waals surface area contributed by atoms with Gasteiger partial charge in [0.05, 0.1) is 0 Å². The van der Waals surface area contributed by atoms with Gasteiger partial charge in [0, 0.05) is 19.5 Å². The van der Waals surface area contributed by atoms with Crippen molar-refractivity contribution in [3.8, 4) is 0 Å². The standard InChI is InChI=1S/C16H24N4O4/c1-4-7-9-20-14-13(15(22)18-16(20)23)19(8-5-2)11(17-14)10-24-12(21)6-3/h4-10H2,1-3H3,(H,18,22,23). The summed E-state index contributed by atoms with van der Waals surface area (Å²) < 4.78 is 8.38. The number of H-pyrrole nitrogens is 1. The summed E-state index contributed by atoms with van der Waals surface area (Å²) in [7, 11) is 0. The first-order valence-electron chi connectivity index (χ1n) is 8.41. The average Bonchev–Trinajstić information content (AvgIpc) is 2.91. The second-order valence-corrected chi connectivity index (χ2v) is 5.63. The van der Waals surface area contributed by atoms with Crippen LogP contribution in [0.1, 0.15) is 52.3 Å². The third-order valence-electron chi connectivity index (χ3n) is 3.80. The number of fused-ring (bicyclic) bond motifs is 1. The number of rotatable bonds is 8. The van der Waals surface area contributed by atoms with Crippen molar-refractivity contribution < 1.29 is 9.53 Å². The van der Waals surface area contributed by atoms with Crippen molar-refractivity contribution in [1.29, 1.82) is 0 Å². The number of ether oxygens (including phenoxy) is 1. The molecule has 24 heavy (non-hydrogen) atoms. The summed E-state index contributed by atoms with van der Waals surface area (Å²) in [4.78, 5) is 42.6. The van der Waals surface area contributed by atoms with Crippen molar-refractivity contribution >= 4 is 17.1 Å². The summed E-state index contributed by atoms with van der Waals surface area (Å²) in [6.45, 7) is 6.76. The lowest BCUT2D eigenvalue weighted by atomic mass is 10.3. The number of nitrogens with one attached hydrogen (secondary N) is 1. The highest BCUT2D eigenvalue weighted by molar-refractivity contribution is 5.71. The smallest absolute Gasteiger partial charge is 0.330 e. The van der Waals surface area contributed by atoms with E-state index in [9.17, 15) is 14.4 Å². The third-order valence-corrected chi connectivity index (χ3v) is 3.80. The molecular weight excluding hydrogens is 312 g/mol. The highest BCUT2D eigenvalue weighted by Crippen LogP contribution is 2.14.